The highest BCUT2D eigenvalue weighted by molar-refractivity contribution is 5.79. The van der Waals surface area contributed by atoms with Crippen molar-refractivity contribution in [3.8, 4) is 0 Å². The van der Waals surface area contributed by atoms with Crippen LogP contribution in [0.5, 0.6) is 0 Å². The molecular formula is C22H23N3O3. The van der Waals surface area contributed by atoms with E-state index in [1.165, 1.54) is 0 Å². The van der Waals surface area contributed by atoms with E-state index in [0.29, 0.717) is 25.9 Å². The number of amides is 1. The standard InChI is InChI=1S/C22H23N3O3/c26-15-18-5-3-16(4-6-18)12-22(27)25-11-9-20-19(14-25)24-21(28-20)8-7-17-2-1-10-23-13-17/h1-6,10,13,26H,7-9,11-12,14-15H2. The number of nitrogens with zero attached hydrogens (tertiary/aromatic N) is 3. The maximum Gasteiger partial charge on any atom is 0.227 e. The predicted molar refractivity (Wildman–Crippen MR) is 103 cm³/mol. The molecule has 1 aliphatic rings. The molecule has 0 unspecified atom stereocenters. The van der Waals surface area contributed by atoms with Crippen LogP contribution in [-0.4, -0.2) is 32.4 Å². The number of fused-ring (bicyclic) bond motifs is 1. The summed E-state index contributed by atoms with van der Waals surface area (Å²) in [6.07, 6.45) is 6.23. The molecule has 0 fully saturated rings. The summed E-state index contributed by atoms with van der Waals surface area (Å²) in [6, 6.07) is 11.5. The van der Waals surface area contributed by atoms with Gasteiger partial charge in [0.2, 0.25) is 5.91 Å². The second kappa shape index (κ2) is 8.35. The first-order valence-corrected chi connectivity index (χ1v) is 9.54. The minimum Gasteiger partial charge on any atom is -0.445 e. The van der Waals surface area contributed by atoms with Crippen molar-refractivity contribution in [2.24, 2.45) is 0 Å². The van der Waals surface area contributed by atoms with E-state index in [-0.39, 0.29) is 12.5 Å². The van der Waals surface area contributed by atoms with E-state index in [4.69, 9.17) is 9.52 Å². The maximum atomic E-state index is 12.7. The van der Waals surface area contributed by atoms with Crippen LogP contribution in [0.25, 0.3) is 0 Å². The molecule has 0 saturated carbocycles. The van der Waals surface area contributed by atoms with Crippen molar-refractivity contribution in [1.29, 1.82) is 0 Å². The van der Waals surface area contributed by atoms with Gasteiger partial charge in [-0.15, -0.1) is 0 Å². The number of aliphatic hydroxyl groups is 1. The number of hydrogen-bond acceptors (Lipinski definition) is 5. The number of carbonyl (C=O) groups excluding carboxylic acids is 1. The summed E-state index contributed by atoms with van der Waals surface area (Å²) in [5, 5.41) is 9.12. The number of carbonyl (C=O) groups is 1. The lowest BCUT2D eigenvalue weighted by Gasteiger charge is -2.25. The van der Waals surface area contributed by atoms with Crippen LogP contribution < -0.4 is 0 Å². The van der Waals surface area contributed by atoms with E-state index >= 15 is 0 Å². The SMILES string of the molecule is O=C(Cc1ccc(CO)cc1)N1CCc2oc(CCc3cccnc3)nc2C1. The molecule has 1 aromatic carbocycles. The molecule has 1 N–H and O–H groups in total. The van der Waals surface area contributed by atoms with Crippen LogP contribution in [0.3, 0.4) is 0 Å². The zero-order chi connectivity index (χ0) is 19.3. The van der Waals surface area contributed by atoms with Gasteiger partial charge < -0.3 is 14.4 Å². The zero-order valence-corrected chi connectivity index (χ0v) is 15.7. The van der Waals surface area contributed by atoms with E-state index < -0.39 is 0 Å². The molecule has 0 bridgehead atoms. The Bertz CT molecular complexity index is 935. The van der Waals surface area contributed by atoms with Crippen LogP contribution in [0.15, 0.2) is 53.2 Å². The monoisotopic (exact) mass is 377 g/mol. The van der Waals surface area contributed by atoms with E-state index in [2.05, 4.69) is 9.97 Å². The number of oxazole rings is 1. The molecule has 0 spiro atoms. The molecule has 0 radical (unpaired) electrons. The third-order valence-corrected chi connectivity index (χ3v) is 5.04. The fourth-order valence-corrected chi connectivity index (χ4v) is 3.42. The Labute approximate surface area is 163 Å². The van der Waals surface area contributed by atoms with Gasteiger partial charge in [-0.3, -0.25) is 9.78 Å². The number of aliphatic hydroxyl groups excluding tert-OH is 1. The molecule has 2 aromatic heterocycles. The van der Waals surface area contributed by atoms with E-state index in [0.717, 1.165) is 46.9 Å². The fourth-order valence-electron chi connectivity index (χ4n) is 3.42. The smallest absolute Gasteiger partial charge is 0.227 e. The normalized spacial score (nSPS) is 13.4. The van der Waals surface area contributed by atoms with E-state index in [9.17, 15) is 4.79 Å². The fraction of sp³-hybridized carbons (Fsp3) is 0.318. The first-order chi connectivity index (χ1) is 13.7. The number of pyridine rings is 1. The Morgan fingerprint density at radius 3 is 2.68 bits per heavy atom. The molecule has 4 rings (SSSR count). The maximum absolute atomic E-state index is 12.7. The molecule has 1 amide bonds. The summed E-state index contributed by atoms with van der Waals surface area (Å²) in [5.41, 5.74) is 3.82. The number of aryl methyl sites for hydroxylation is 2. The first-order valence-electron chi connectivity index (χ1n) is 9.54. The van der Waals surface area contributed by atoms with Crippen molar-refractivity contribution < 1.29 is 14.3 Å². The third-order valence-electron chi connectivity index (χ3n) is 5.04. The molecule has 28 heavy (non-hydrogen) atoms. The van der Waals surface area contributed by atoms with Crippen molar-refractivity contribution in [2.45, 2.75) is 38.8 Å². The van der Waals surface area contributed by atoms with Gasteiger partial charge >= 0.3 is 0 Å². The van der Waals surface area contributed by atoms with Gasteiger partial charge in [0.05, 0.1) is 19.6 Å². The minimum absolute atomic E-state index is 0.0123. The molecule has 0 atom stereocenters. The predicted octanol–water partition coefficient (Wildman–Crippen LogP) is 2.47. The van der Waals surface area contributed by atoms with Crippen LogP contribution in [0.4, 0.5) is 0 Å². The summed E-state index contributed by atoms with van der Waals surface area (Å²) in [5.74, 6) is 1.71. The molecule has 0 aliphatic carbocycles. The summed E-state index contributed by atoms with van der Waals surface area (Å²) in [7, 11) is 0. The second-order valence-electron chi connectivity index (χ2n) is 7.06. The average molecular weight is 377 g/mol. The molecule has 3 aromatic rings. The van der Waals surface area contributed by atoms with Crippen molar-refractivity contribution in [2.75, 3.05) is 6.54 Å². The van der Waals surface area contributed by atoms with Crippen LogP contribution in [0.2, 0.25) is 0 Å². The number of hydrogen-bond donors (Lipinski definition) is 1. The topological polar surface area (TPSA) is 79.5 Å². The number of aromatic nitrogens is 2. The molecule has 0 saturated heterocycles. The minimum atomic E-state index is 0.0123. The van der Waals surface area contributed by atoms with Gasteiger partial charge in [-0.05, 0) is 29.2 Å². The van der Waals surface area contributed by atoms with Gasteiger partial charge in [-0.2, -0.15) is 0 Å². The average Bonchev–Trinajstić information content (AvgIpc) is 3.15. The highest BCUT2D eigenvalue weighted by atomic mass is 16.4. The summed E-state index contributed by atoms with van der Waals surface area (Å²) in [4.78, 5) is 23.3. The molecule has 3 heterocycles. The van der Waals surface area contributed by atoms with Crippen molar-refractivity contribution in [3.63, 3.8) is 0 Å². The van der Waals surface area contributed by atoms with Gasteiger partial charge in [-0.25, -0.2) is 4.98 Å². The van der Waals surface area contributed by atoms with Crippen LogP contribution >= 0.6 is 0 Å². The molecule has 144 valence electrons. The summed E-state index contributed by atoms with van der Waals surface area (Å²) < 4.78 is 5.91. The van der Waals surface area contributed by atoms with Crippen LogP contribution in [0.1, 0.15) is 34.0 Å². The van der Waals surface area contributed by atoms with E-state index in [1.807, 2.05) is 47.5 Å². The number of benzene rings is 1. The van der Waals surface area contributed by atoms with Gasteiger partial charge in [0.25, 0.3) is 0 Å². The lowest BCUT2D eigenvalue weighted by Crippen LogP contribution is -2.36. The van der Waals surface area contributed by atoms with Crippen molar-refractivity contribution >= 4 is 5.91 Å². The third kappa shape index (κ3) is 4.28. The molecule has 1 aliphatic heterocycles. The Kier molecular flexibility index (Phi) is 5.48. The second-order valence-corrected chi connectivity index (χ2v) is 7.06. The highest BCUT2D eigenvalue weighted by Gasteiger charge is 2.25. The summed E-state index contributed by atoms with van der Waals surface area (Å²) in [6.45, 7) is 1.16. The Hall–Kier alpha value is -2.99. The van der Waals surface area contributed by atoms with Gasteiger partial charge in [0, 0.05) is 31.8 Å². The van der Waals surface area contributed by atoms with Gasteiger partial charge in [-0.1, -0.05) is 30.3 Å². The largest absolute Gasteiger partial charge is 0.445 e. The number of rotatable bonds is 6. The van der Waals surface area contributed by atoms with Gasteiger partial charge in [0.15, 0.2) is 5.89 Å². The molecule has 6 nitrogen and oxygen atoms in total. The Balaban J connectivity index is 1.36. The van der Waals surface area contributed by atoms with E-state index in [1.54, 1.807) is 6.20 Å². The Morgan fingerprint density at radius 2 is 1.93 bits per heavy atom. The molecular weight excluding hydrogens is 354 g/mol. The first kappa shape index (κ1) is 18.4. The van der Waals surface area contributed by atoms with Crippen LogP contribution in [-0.2, 0) is 43.6 Å². The van der Waals surface area contributed by atoms with Gasteiger partial charge in [0.1, 0.15) is 11.5 Å². The summed E-state index contributed by atoms with van der Waals surface area (Å²) >= 11 is 0. The lowest BCUT2D eigenvalue weighted by molar-refractivity contribution is -0.131. The highest BCUT2D eigenvalue weighted by Crippen LogP contribution is 2.21. The van der Waals surface area contributed by atoms with Crippen molar-refractivity contribution in [1.82, 2.24) is 14.9 Å². The van der Waals surface area contributed by atoms with Crippen molar-refractivity contribution in [3.05, 3.63) is 82.8 Å². The quantitative estimate of drug-likeness (QED) is 0.714. The van der Waals surface area contributed by atoms with Crippen LogP contribution in [0, 0.1) is 0 Å². The molecule has 6 heteroatoms. The Morgan fingerprint density at radius 1 is 1.11 bits per heavy atom. The lowest BCUT2D eigenvalue weighted by atomic mass is 10.1. The zero-order valence-electron chi connectivity index (χ0n) is 15.7.